The molecule has 0 radical (unpaired) electrons. The van der Waals surface area contributed by atoms with Gasteiger partial charge in [-0.15, -0.1) is 12.4 Å². The van der Waals surface area contributed by atoms with E-state index in [9.17, 15) is 9.59 Å². The molecule has 0 unspecified atom stereocenters. The van der Waals surface area contributed by atoms with Crippen LogP contribution in [0.3, 0.4) is 0 Å². The summed E-state index contributed by atoms with van der Waals surface area (Å²) in [5.41, 5.74) is 7.26. The fraction of sp³-hybridized carbons (Fsp3) is 0.619. The minimum Gasteiger partial charge on any atom is -0.339 e. The number of rotatable bonds is 5. The number of carbonyl (C=O) groups is 2. The molecule has 2 atom stereocenters. The van der Waals surface area contributed by atoms with E-state index < -0.39 is 0 Å². The SMILES string of the molecule is CN(C(=O)c1ccccc1NC(=O)C[C@@H]1CCC[C@H]1N)C1CCCCC1.Cl. The molecule has 1 aromatic carbocycles. The van der Waals surface area contributed by atoms with Crippen molar-refractivity contribution < 1.29 is 9.59 Å². The first-order valence-electron chi connectivity index (χ1n) is 9.98. The Labute approximate surface area is 168 Å². The highest BCUT2D eigenvalue weighted by Gasteiger charge is 2.27. The summed E-state index contributed by atoms with van der Waals surface area (Å²) >= 11 is 0. The fourth-order valence-electron chi connectivity index (χ4n) is 4.36. The van der Waals surface area contributed by atoms with Crippen molar-refractivity contribution in [2.75, 3.05) is 12.4 Å². The number of halogens is 1. The maximum atomic E-state index is 13.0. The van der Waals surface area contributed by atoms with E-state index in [-0.39, 0.29) is 36.2 Å². The van der Waals surface area contributed by atoms with Crippen LogP contribution in [0.15, 0.2) is 24.3 Å². The number of nitrogens with zero attached hydrogens (tertiary/aromatic N) is 1. The smallest absolute Gasteiger partial charge is 0.255 e. The Morgan fingerprint density at radius 1 is 1.07 bits per heavy atom. The standard InChI is InChI=1S/C21H31N3O2.ClH/c1-24(16-9-3-2-4-10-16)21(26)17-11-5-6-13-19(17)23-20(25)14-15-8-7-12-18(15)22;/h5-6,11,13,15-16,18H,2-4,7-10,12,14,22H2,1H3,(H,23,25);1H/t15-,18+;/m0./s1. The molecule has 0 bridgehead atoms. The van der Waals surface area contributed by atoms with Gasteiger partial charge in [-0.25, -0.2) is 0 Å². The summed E-state index contributed by atoms with van der Waals surface area (Å²) in [7, 11) is 1.88. The first-order valence-corrected chi connectivity index (χ1v) is 9.98. The minimum absolute atomic E-state index is 0. The molecular formula is C21H32ClN3O2. The molecule has 2 aliphatic carbocycles. The van der Waals surface area contributed by atoms with Crippen LogP contribution >= 0.6 is 12.4 Å². The zero-order chi connectivity index (χ0) is 18.5. The normalized spacial score (nSPS) is 22.7. The van der Waals surface area contributed by atoms with Crippen molar-refractivity contribution >= 4 is 29.9 Å². The molecule has 3 N–H and O–H groups in total. The molecule has 0 aromatic heterocycles. The zero-order valence-electron chi connectivity index (χ0n) is 16.2. The van der Waals surface area contributed by atoms with Crippen LogP contribution in [0, 0.1) is 5.92 Å². The first-order chi connectivity index (χ1) is 12.6. The molecule has 2 aliphatic rings. The lowest BCUT2D eigenvalue weighted by molar-refractivity contribution is -0.117. The van der Waals surface area contributed by atoms with E-state index in [1.165, 1.54) is 19.3 Å². The van der Waals surface area contributed by atoms with Gasteiger partial charge in [0.05, 0.1) is 11.3 Å². The Morgan fingerprint density at radius 3 is 2.44 bits per heavy atom. The van der Waals surface area contributed by atoms with Crippen LogP contribution in [-0.2, 0) is 4.79 Å². The van der Waals surface area contributed by atoms with Gasteiger partial charge in [-0.05, 0) is 43.7 Å². The number of nitrogens with two attached hydrogens (primary N) is 1. The van der Waals surface area contributed by atoms with Crippen molar-refractivity contribution in [3.8, 4) is 0 Å². The number of nitrogens with one attached hydrogen (secondary N) is 1. The van der Waals surface area contributed by atoms with E-state index in [0.29, 0.717) is 23.7 Å². The summed E-state index contributed by atoms with van der Waals surface area (Å²) in [5, 5.41) is 2.95. The molecule has 0 saturated heterocycles. The fourth-order valence-corrected chi connectivity index (χ4v) is 4.36. The molecule has 3 rings (SSSR count). The van der Waals surface area contributed by atoms with Gasteiger partial charge in [-0.3, -0.25) is 9.59 Å². The molecule has 6 heteroatoms. The Kier molecular flexibility index (Phi) is 8.11. The Hall–Kier alpha value is -1.59. The second-order valence-corrected chi connectivity index (χ2v) is 7.86. The van der Waals surface area contributed by atoms with Crippen LogP contribution < -0.4 is 11.1 Å². The van der Waals surface area contributed by atoms with E-state index in [4.69, 9.17) is 5.73 Å². The molecule has 0 spiro atoms. The summed E-state index contributed by atoms with van der Waals surface area (Å²) < 4.78 is 0. The maximum absolute atomic E-state index is 13.0. The van der Waals surface area contributed by atoms with Gasteiger partial charge in [0.15, 0.2) is 0 Å². The largest absolute Gasteiger partial charge is 0.339 e. The summed E-state index contributed by atoms with van der Waals surface area (Å²) in [6.07, 6.45) is 9.30. The lowest BCUT2D eigenvalue weighted by Crippen LogP contribution is -2.38. The highest BCUT2D eigenvalue weighted by atomic mass is 35.5. The second kappa shape index (κ2) is 10.1. The average Bonchev–Trinajstić information content (AvgIpc) is 3.06. The van der Waals surface area contributed by atoms with E-state index >= 15 is 0 Å². The van der Waals surface area contributed by atoms with E-state index in [2.05, 4.69) is 5.32 Å². The number of para-hydroxylation sites is 1. The molecule has 0 heterocycles. The van der Waals surface area contributed by atoms with Crippen LogP contribution in [0.1, 0.15) is 68.1 Å². The van der Waals surface area contributed by atoms with E-state index in [0.717, 1.165) is 32.1 Å². The molecule has 1 aromatic rings. The first kappa shape index (κ1) is 21.7. The summed E-state index contributed by atoms with van der Waals surface area (Å²) in [6, 6.07) is 7.75. The number of carbonyl (C=O) groups excluding carboxylic acids is 2. The number of amides is 2. The maximum Gasteiger partial charge on any atom is 0.255 e. The van der Waals surface area contributed by atoms with Gasteiger partial charge >= 0.3 is 0 Å². The molecule has 5 nitrogen and oxygen atoms in total. The van der Waals surface area contributed by atoms with Crippen LogP contribution in [0.2, 0.25) is 0 Å². The third kappa shape index (κ3) is 5.45. The molecule has 2 saturated carbocycles. The minimum atomic E-state index is -0.0482. The molecule has 27 heavy (non-hydrogen) atoms. The molecule has 2 amide bonds. The van der Waals surface area contributed by atoms with Gasteiger partial charge in [0.2, 0.25) is 5.91 Å². The molecule has 2 fully saturated rings. The van der Waals surface area contributed by atoms with Gasteiger partial charge in [0, 0.05) is 25.6 Å². The molecule has 150 valence electrons. The number of anilines is 1. The summed E-state index contributed by atoms with van der Waals surface area (Å²) in [6.45, 7) is 0. The number of hydrogen-bond acceptors (Lipinski definition) is 3. The Balaban J connectivity index is 0.00000261. The van der Waals surface area contributed by atoms with E-state index in [1.807, 2.05) is 30.1 Å². The van der Waals surface area contributed by atoms with Crippen molar-refractivity contribution in [3.63, 3.8) is 0 Å². The lowest BCUT2D eigenvalue weighted by atomic mass is 9.94. The van der Waals surface area contributed by atoms with E-state index in [1.54, 1.807) is 6.07 Å². The van der Waals surface area contributed by atoms with Crippen LogP contribution in [-0.4, -0.2) is 35.8 Å². The molecular weight excluding hydrogens is 362 g/mol. The predicted octanol–water partition coefficient (Wildman–Crippen LogP) is 3.97. The van der Waals surface area contributed by atoms with Crippen molar-refractivity contribution in [1.29, 1.82) is 0 Å². The number of hydrogen-bond donors (Lipinski definition) is 2. The zero-order valence-corrected chi connectivity index (χ0v) is 17.0. The van der Waals surface area contributed by atoms with Crippen LogP contribution in [0.4, 0.5) is 5.69 Å². The van der Waals surface area contributed by atoms with Crippen LogP contribution in [0.5, 0.6) is 0 Å². The predicted molar refractivity (Wildman–Crippen MR) is 111 cm³/mol. The van der Waals surface area contributed by atoms with Crippen molar-refractivity contribution in [2.45, 2.75) is 69.9 Å². The third-order valence-electron chi connectivity index (χ3n) is 6.04. The van der Waals surface area contributed by atoms with Crippen molar-refractivity contribution in [2.24, 2.45) is 11.7 Å². The van der Waals surface area contributed by atoms with Gasteiger partial charge < -0.3 is 16.0 Å². The Bertz CT molecular complexity index is 646. The highest BCUT2D eigenvalue weighted by molar-refractivity contribution is 6.03. The van der Waals surface area contributed by atoms with Gasteiger partial charge in [0.25, 0.3) is 5.91 Å². The quantitative estimate of drug-likeness (QED) is 0.794. The second-order valence-electron chi connectivity index (χ2n) is 7.86. The van der Waals surface area contributed by atoms with Gasteiger partial charge in [-0.1, -0.05) is 37.8 Å². The van der Waals surface area contributed by atoms with Gasteiger partial charge in [-0.2, -0.15) is 0 Å². The topological polar surface area (TPSA) is 75.4 Å². The number of benzene rings is 1. The summed E-state index contributed by atoms with van der Waals surface area (Å²) in [4.78, 5) is 27.3. The highest BCUT2D eigenvalue weighted by Crippen LogP contribution is 2.28. The van der Waals surface area contributed by atoms with Gasteiger partial charge in [0.1, 0.15) is 0 Å². The third-order valence-corrected chi connectivity index (χ3v) is 6.04. The van der Waals surface area contributed by atoms with Crippen molar-refractivity contribution in [3.05, 3.63) is 29.8 Å². The lowest BCUT2D eigenvalue weighted by Gasteiger charge is -2.31. The molecule has 0 aliphatic heterocycles. The summed E-state index contributed by atoms with van der Waals surface area (Å²) in [5.74, 6) is 0.195. The monoisotopic (exact) mass is 393 g/mol. The average molecular weight is 394 g/mol. The van der Waals surface area contributed by atoms with Crippen LogP contribution in [0.25, 0.3) is 0 Å². The van der Waals surface area contributed by atoms with Crippen molar-refractivity contribution in [1.82, 2.24) is 4.90 Å². The Morgan fingerprint density at radius 2 is 1.78 bits per heavy atom.